The Morgan fingerprint density at radius 2 is 2.07 bits per heavy atom. The summed E-state index contributed by atoms with van der Waals surface area (Å²) in [5, 5.41) is 7.19. The summed E-state index contributed by atoms with van der Waals surface area (Å²) in [6.45, 7) is 4.65. The fraction of sp³-hybridized carbons (Fsp3) is 0.364. The number of nitrogen functional groups attached to an aromatic ring is 1. The number of amides is 1. The second kappa shape index (κ2) is 8.39. The first-order valence-electron chi connectivity index (χ1n) is 10.00. The molecule has 1 saturated heterocycles. The third-order valence-corrected chi connectivity index (χ3v) is 6.65. The van der Waals surface area contributed by atoms with Crippen LogP contribution in [-0.2, 0) is 6.42 Å². The maximum atomic E-state index is 12.6. The largest absolute Gasteiger partial charge is 0.397 e. The molecule has 1 amide bonds. The first kappa shape index (κ1) is 19.7. The summed E-state index contributed by atoms with van der Waals surface area (Å²) >= 11 is 1.35. The lowest BCUT2D eigenvalue weighted by Gasteiger charge is -2.19. The van der Waals surface area contributed by atoms with E-state index in [-0.39, 0.29) is 5.91 Å². The SMILES string of the molecule is CNC1CCN(c2ccc(CCNC(=O)c3sc4nc(C)ccc4c3N)cc2)C1. The zero-order valence-corrected chi connectivity index (χ0v) is 17.7. The molecule has 0 bridgehead atoms. The number of nitrogens with one attached hydrogen (secondary N) is 2. The fourth-order valence-electron chi connectivity index (χ4n) is 3.76. The quantitative estimate of drug-likeness (QED) is 0.583. The van der Waals surface area contributed by atoms with Gasteiger partial charge in [-0.2, -0.15) is 0 Å². The van der Waals surface area contributed by atoms with Gasteiger partial charge in [-0.3, -0.25) is 4.79 Å². The van der Waals surface area contributed by atoms with E-state index >= 15 is 0 Å². The van der Waals surface area contributed by atoms with E-state index in [1.807, 2.05) is 26.1 Å². The van der Waals surface area contributed by atoms with Gasteiger partial charge in [0.05, 0.1) is 5.69 Å². The molecule has 1 unspecified atom stereocenters. The Morgan fingerprint density at radius 3 is 2.79 bits per heavy atom. The van der Waals surface area contributed by atoms with Gasteiger partial charge in [0, 0.05) is 42.4 Å². The number of likely N-dealkylation sites (N-methyl/N-ethyl adjacent to an activating group) is 1. The van der Waals surface area contributed by atoms with E-state index in [0.29, 0.717) is 23.2 Å². The van der Waals surface area contributed by atoms with E-state index in [1.165, 1.54) is 29.0 Å². The lowest BCUT2D eigenvalue weighted by Crippen LogP contribution is -2.29. The van der Waals surface area contributed by atoms with Gasteiger partial charge in [-0.05, 0) is 56.6 Å². The number of fused-ring (bicyclic) bond motifs is 1. The Balaban J connectivity index is 1.33. The van der Waals surface area contributed by atoms with Gasteiger partial charge in [-0.15, -0.1) is 11.3 Å². The number of pyridine rings is 1. The first-order valence-corrected chi connectivity index (χ1v) is 10.8. The number of carbonyl (C=O) groups is 1. The summed E-state index contributed by atoms with van der Waals surface area (Å²) in [6.07, 6.45) is 1.97. The molecule has 0 saturated carbocycles. The highest BCUT2D eigenvalue weighted by Crippen LogP contribution is 2.32. The van der Waals surface area contributed by atoms with Crippen LogP contribution in [-0.4, -0.2) is 43.6 Å². The number of rotatable bonds is 6. The van der Waals surface area contributed by atoms with Gasteiger partial charge < -0.3 is 21.3 Å². The number of carbonyl (C=O) groups excluding carboxylic acids is 1. The molecule has 1 fully saturated rings. The van der Waals surface area contributed by atoms with Crippen LogP contribution in [0.25, 0.3) is 10.2 Å². The molecule has 1 aliphatic heterocycles. The van der Waals surface area contributed by atoms with E-state index in [1.54, 1.807) is 0 Å². The number of hydrogen-bond donors (Lipinski definition) is 3. The molecule has 3 heterocycles. The van der Waals surface area contributed by atoms with Crippen molar-refractivity contribution in [2.75, 3.05) is 37.3 Å². The standard InChI is InChI=1S/C22H27N5OS/c1-14-3-8-18-19(23)20(29-22(18)26-14)21(28)25-11-9-15-4-6-17(7-5-15)27-12-10-16(13-27)24-2/h3-8,16,24H,9-13,23H2,1-2H3,(H,25,28). The van der Waals surface area contributed by atoms with Crippen LogP contribution in [0.3, 0.4) is 0 Å². The highest BCUT2D eigenvalue weighted by Gasteiger charge is 2.21. The fourth-order valence-corrected chi connectivity index (χ4v) is 4.82. The van der Waals surface area contributed by atoms with Crippen LogP contribution in [0.4, 0.5) is 11.4 Å². The molecular formula is C22H27N5OS. The molecule has 0 aliphatic carbocycles. The van der Waals surface area contributed by atoms with Crippen LogP contribution < -0.4 is 21.3 Å². The lowest BCUT2D eigenvalue weighted by atomic mass is 10.1. The smallest absolute Gasteiger partial charge is 0.263 e. The Labute approximate surface area is 175 Å². The summed E-state index contributed by atoms with van der Waals surface area (Å²) in [6, 6.07) is 13.1. The molecule has 152 valence electrons. The molecule has 2 aromatic heterocycles. The number of anilines is 2. The Bertz CT molecular complexity index is 1010. The van der Waals surface area contributed by atoms with E-state index in [0.717, 1.165) is 35.4 Å². The van der Waals surface area contributed by atoms with Gasteiger partial charge >= 0.3 is 0 Å². The van der Waals surface area contributed by atoms with Gasteiger partial charge in [0.15, 0.2) is 0 Å². The summed E-state index contributed by atoms with van der Waals surface area (Å²) in [5.41, 5.74) is 10.1. The molecule has 1 aliphatic rings. The van der Waals surface area contributed by atoms with Crippen molar-refractivity contribution in [3.05, 3.63) is 52.5 Å². The predicted octanol–water partition coefficient (Wildman–Crippen LogP) is 2.96. The number of benzene rings is 1. The third-order valence-electron chi connectivity index (χ3n) is 5.54. The Morgan fingerprint density at radius 1 is 1.28 bits per heavy atom. The molecule has 0 spiro atoms. The monoisotopic (exact) mass is 409 g/mol. The van der Waals surface area contributed by atoms with Gasteiger partial charge in [0.1, 0.15) is 9.71 Å². The maximum absolute atomic E-state index is 12.6. The number of aromatic nitrogens is 1. The second-order valence-corrected chi connectivity index (χ2v) is 8.54. The minimum absolute atomic E-state index is 0.130. The van der Waals surface area contributed by atoms with Gasteiger partial charge in [0.25, 0.3) is 5.91 Å². The maximum Gasteiger partial charge on any atom is 0.263 e. The predicted molar refractivity (Wildman–Crippen MR) is 121 cm³/mol. The summed E-state index contributed by atoms with van der Waals surface area (Å²) in [5.74, 6) is -0.130. The average molecular weight is 410 g/mol. The number of aryl methyl sites for hydroxylation is 1. The molecule has 4 rings (SSSR count). The molecular weight excluding hydrogens is 382 g/mol. The first-order chi connectivity index (χ1) is 14.0. The molecule has 1 atom stereocenters. The molecule has 4 N–H and O–H groups in total. The van der Waals surface area contributed by atoms with Crippen molar-refractivity contribution in [1.82, 2.24) is 15.6 Å². The number of nitrogens with zero attached hydrogens (tertiary/aromatic N) is 2. The van der Waals surface area contributed by atoms with Crippen molar-refractivity contribution in [3.63, 3.8) is 0 Å². The average Bonchev–Trinajstić information content (AvgIpc) is 3.33. The lowest BCUT2D eigenvalue weighted by molar-refractivity contribution is 0.0959. The van der Waals surface area contributed by atoms with Crippen molar-refractivity contribution < 1.29 is 4.79 Å². The van der Waals surface area contributed by atoms with Crippen molar-refractivity contribution in [1.29, 1.82) is 0 Å². The van der Waals surface area contributed by atoms with Gasteiger partial charge in [0.2, 0.25) is 0 Å². The van der Waals surface area contributed by atoms with Gasteiger partial charge in [-0.1, -0.05) is 12.1 Å². The minimum atomic E-state index is -0.130. The van der Waals surface area contributed by atoms with Gasteiger partial charge in [-0.25, -0.2) is 4.98 Å². The van der Waals surface area contributed by atoms with E-state index in [9.17, 15) is 4.79 Å². The summed E-state index contributed by atoms with van der Waals surface area (Å²) in [4.78, 5) is 20.8. The van der Waals surface area contributed by atoms with E-state index < -0.39 is 0 Å². The van der Waals surface area contributed by atoms with Crippen LogP contribution in [0.1, 0.15) is 27.3 Å². The highest BCUT2D eigenvalue weighted by atomic mass is 32.1. The minimum Gasteiger partial charge on any atom is -0.397 e. The number of nitrogens with two attached hydrogens (primary N) is 1. The molecule has 3 aromatic rings. The van der Waals surface area contributed by atoms with Crippen LogP contribution in [0.2, 0.25) is 0 Å². The summed E-state index contributed by atoms with van der Waals surface area (Å²) < 4.78 is 0. The van der Waals surface area contributed by atoms with Crippen molar-refractivity contribution in [2.45, 2.75) is 25.8 Å². The molecule has 7 heteroatoms. The zero-order valence-electron chi connectivity index (χ0n) is 16.9. The molecule has 29 heavy (non-hydrogen) atoms. The molecule has 1 aromatic carbocycles. The van der Waals surface area contributed by atoms with Crippen LogP contribution in [0.15, 0.2) is 36.4 Å². The Kier molecular flexibility index (Phi) is 5.69. The van der Waals surface area contributed by atoms with Crippen LogP contribution in [0.5, 0.6) is 0 Å². The zero-order chi connectivity index (χ0) is 20.4. The van der Waals surface area contributed by atoms with Crippen LogP contribution in [0, 0.1) is 6.92 Å². The van der Waals surface area contributed by atoms with Crippen molar-refractivity contribution in [3.8, 4) is 0 Å². The van der Waals surface area contributed by atoms with E-state index in [2.05, 4.69) is 44.8 Å². The van der Waals surface area contributed by atoms with Crippen molar-refractivity contribution >= 4 is 38.8 Å². The number of thiophene rings is 1. The topological polar surface area (TPSA) is 83.3 Å². The van der Waals surface area contributed by atoms with Crippen molar-refractivity contribution in [2.24, 2.45) is 0 Å². The normalized spacial score (nSPS) is 16.5. The molecule has 6 nitrogen and oxygen atoms in total. The Hall–Kier alpha value is -2.64. The third kappa shape index (κ3) is 4.21. The van der Waals surface area contributed by atoms with E-state index in [4.69, 9.17) is 5.73 Å². The van der Waals surface area contributed by atoms with Crippen LogP contribution >= 0.6 is 11.3 Å². The number of hydrogen-bond acceptors (Lipinski definition) is 6. The molecule has 0 radical (unpaired) electrons. The highest BCUT2D eigenvalue weighted by molar-refractivity contribution is 7.21. The second-order valence-electron chi connectivity index (χ2n) is 7.54. The summed E-state index contributed by atoms with van der Waals surface area (Å²) in [7, 11) is 2.02.